The topological polar surface area (TPSA) is 162 Å². The summed E-state index contributed by atoms with van der Waals surface area (Å²) < 4.78 is 30.0. The number of halogens is 1. The first-order valence-electron chi connectivity index (χ1n) is 20.6. The Morgan fingerprint density at radius 3 is 2.50 bits per heavy atom. The Balaban J connectivity index is 0.807. The van der Waals surface area contributed by atoms with Crippen LogP contribution in [-0.4, -0.2) is 73.1 Å². The van der Waals surface area contributed by atoms with E-state index in [1.807, 2.05) is 42.6 Å². The predicted molar refractivity (Wildman–Crippen MR) is 213 cm³/mol. The molecule has 4 aromatic heterocycles. The van der Waals surface area contributed by atoms with Crippen molar-refractivity contribution >= 4 is 40.2 Å². The van der Waals surface area contributed by atoms with Gasteiger partial charge in [-0.1, -0.05) is 6.07 Å². The Morgan fingerprint density at radius 2 is 1.78 bits per heavy atom. The molecule has 3 amide bonds. The number of hydrogen-bond donors (Lipinski definition) is 2. The number of nitrogens with one attached hydrogen (secondary N) is 2. The molecule has 5 aromatic rings. The van der Waals surface area contributed by atoms with E-state index >= 15 is 0 Å². The zero-order valence-electron chi connectivity index (χ0n) is 32.7. The zero-order chi connectivity index (χ0) is 40.2. The third kappa shape index (κ3) is 7.47. The number of pyridine rings is 2. The molecule has 1 aromatic carbocycles. The molecule has 2 N–H and O–H groups in total. The van der Waals surface area contributed by atoms with Crippen molar-refractivity contribution in [3.05, 3.63) is 92.7 Å². The highest BCUT2D eigenvalue weighted by atomic mass is 19.1. The first-order chi connectivity index (χ1) is 28.0. The van der Waals surface area contributed by atoms with Crippen molar-refractivity contribution in [3.8, 4) is 5.75 Å². The SMILES string of the molecule is CC(C)Oc1cc2nc(C3CCC(CN4CCC(c5ccc6c(c5)oc(=O)n6C5CCC(=O)NC5=O)CC4)CC3)cn2cc1C(=O)Nc1cccn([C@H]2C[C@H]2F)c1=O. The second kappa shape index (κ2) is 15.3. The highest BCUT2D eigenvalue weighted by molar-refractivity contribution is 6.06. The maximum atomic E-state index is 13.7. The number of alkyl halides is 1. The fraction of sp³-hybridized carbons (Fsp3) is 0.488. The number of piperidine rings is 2. The molecule has 1 unspecified atom stereocenters. The maximum absolute atomic E-state index is 13.7. The van der Waals surface area contributed by atoms with Gasteiger partial charge in [0.2, 0.25) is 11.8 Å². The number of imidazole rings is 1. The van der Waals surface area contributed by atoms with Gasteiger partial charge >= 0.3 is 5.76 Å². The molecule has 0 bridgehead atoms. The number of anilines is 1. The Morgan fingerprint density at radius 1 is 1.00 bits per heavy atom. The fourth-order valence-corrected chi connectivity index (χ4v) is 9.24. The van der Waals surface area contributed by atoms with Crippen LogP contribution in [0.4, 0.5) is 10.1 Å². The van der Waals surface area contributed by atoms with Crippen LogP contribution in [0.5, 0.6) is 5.75 Å². The average molecular weight is 794 g/mol. The number of aromatic nitrogens is 4. The molecule has 14 nitrogen and oxygen atoms in total. The first-order valence-corrected chi connectivity index (χ1v) is 20.6. The molecule has 15 heteroatoms. The van der Waals surface area contributed by atoms with Crippen molar-refractivity contribution in [3.63, 3.8) is 0 Å². The molecule has 4 fully saturated rings. The summed E-state index contributed by atoms with van der Waals surface area (Å²) in [4.78, 5) is 71.1. The molecule has 2 saturated carbocycles. The lowest BCUT2D eigenvalue weighted by Gasteiger charge is -2.36. The van der Waals surface area contributed by atoms with Crippen LogP contribution in [0.15, 0.2) is 69.0 Å². The largest absolute Gasteiger partial charge is 0.490 e. The minimum atomic E-state index is -1.05. The molecule has 4 aliphatic rings. The van der Waals surface area contributed by atoms with E-state index in [0.717, 1.165) is 69.4 Å². The third-order valence-electron chi connectivity index (χ3n) is 12.4. The maximum Gasteiger partial charge on any atom is 0.420 e. The number of carbonyl (C=O) groups excluding carboxylic acids is 3. The van der Waals surface area contributed by atoms with E-state index < -0.39 is 41.4 Å². The first kappa shape index (κ1) is 38.0. The number of ether oxygens (including phenoxy) is 1. The molecule has 3 atom stereocenters. The van der Waals surface area contributed by atoms with Crippen LogP contribution in [0.2, 0.25) is 0 Å². The van der Waals surface area contributed by atoms with Gasteiger partial charge in [-0.05, 0) is 114 Å². The molecular formula is C43H48FN7O7. The van der Waals surface area contributed by atoms with Crippen LogP contribution in [-0.2, 0) is 9.59 Å². The average Bonchev–Trinajstić information content (AvgIpc) is 3.62. The number of hydrogen-bond acceptors (Lipinski definition) is 9. The van der Waals surface area contributed by atoms with Crippen LogP contribution in [0.1, 0.15) is 117 Å². The van der Waals surface area contributed by atoms with E-state index in [-0.39, 0.29) is 36.1 Å². The van der Waals surface area contributed by atoms with Crippen molar-refractivity contribution < 1.29 is 27.9 Å². The number of nitrogens with zero attached hydrogens (tertiary/aromatic N) is 5. The summed E-state index contributed by atoms with van der Waals surface area (Å²) in [5, 5.41) is 5.06. The minimum Gasteiger partial charge on any atom is -0.490 e. The number of rotatable bonds is 10. The normalized spacial score (nSPS) is 24.4. The van der Waals surface area contributed by atoms with Gasteiger partial charge in [-0.3, -0.25) is 29.1 Å². The summed E-state index contributed by atoms with van der Waals surface area (Å²) in [7, 11) is 0. The van der Waals surface area contributed by atoms with Crippen molar-refractivity contribution in [1.29, 1.82) is 0 Å². The summed E-state index contributed by atoms with van der Waals surface area (Å²) in [6.45, 7) is 6.82. The van der Waals surface area contributed by atoms with Crippen LogP contribution < -0.4 is 26.7 Å². The van der Waals surface area contributed by atoms with Gasteiger partial charge in [0.1, 0.15) is 29.3 Å². The summed E-state index contributed by atoms with van der Waals surface area (Å²) in [5.41, 5.74) is 3.77. The van der Waals surface area contributed by atoms with Crippen LogP contribution >= 0.6 is 0 Å². The quantitative estimate of drug-likeness (QED) is 0.165. The smallest absolute Gasteiger partial charge is 0.420 e. The van der Waals surface area contributed by atoms with Gasteiger partial charge in [-0.15, -0.1) is 0 Å². The van der Waals surface area contributed by atoms with Crippen molar-refractivity contribution in [2.24, 2.45) is 5.92 Å². The number of oxazole rings is 1. The molecule has 6 heterocycles. The van der Waals surface area contributed by atoms with Crippen LogP contribution in [0, 0.1) is 5.92 Å². The summed E-state index contributed by atoms with van der Waals surface area (Å²) >= 11 is 0. The molecule has 0 radical (unpaired) electrons. The van der Waals surface area contributed by atoms with Gasteiger partial charge < -0.3 is 28.3 Å². The summed E-state index contributed by atoms with van der Waals surface area (Å²) in [6.07, 6.45) is 11.0. The predicted octanol–water partition coefficient (Wildman–Crippen LogP) is 5.86. The second-order valence-electron chi connectivity index (χ2n) is 16.8. The molecule has 2 aliphatic carbocycles. The highest BCUT2D eigenvalue weighted by Gasteiger charge is 2.40. The van der Waals surface area contributed by atoms with E-state index in [0.29, 0.717) is 46.7 Å². The second-order valence-corrected chi connectivity index (χ2v) is 16.8. The lowest BCUT2D eigenvalue weighted by atomic mass is 9.80. The highest BCUT2D eigenvalue weighted by Crippen LogP contribution is 2.39. The summed E-state index contributed by atoms with van der Waals surface area (Å²) in [6, 6.07) is 9.54. The van der Waals surface area contributed by atoms with Gasteiger partial charge in [0, 0.05) is 50.0 Å². The Labute approximate surface area is 333 Å². The molecule has 2 saturated heterocycles. The van der Waals surface area contributed by atoms with Gasteiger partial charge in [0.15, 0.2) is 5.58 Å². The third-order valence-corrected chi connectivity index (χ3v) is 12.4. The van der Waals surface area contributed by atoms with E-state index in [1.165, 1.54) is 15.2 Å². The van der Waals surface area contributed by atoms with Gasteiger partial charge in [0.05, 0.1) is 28.9 Å². The monoisotopic (exact) mass is 793 g/mol. The molecule has 58 heavy (non-hydrogen) atoms. The van der Waals surface area contributed by atoms with E-state index in [2.05, 4.69) is 15.5 Å². The Bertz CT molecular complexity index is 2520. The number of carbonyl (C=O) groups is 3. The van der Waals surface area contributed by atoms with Gasteiger partial charge in [-0.25, -0.2) is 14.2 Å². The Kier molecular flexibility index (Phi) is 10.0. The van der Waals surface area contributed by atoms with Crippen LogP contribution in [0.25, 0.3) is 16.7 Å². The fourth-order valence-electron chi connectivity index (χ4n) is 9.24. The van der Waals surface area contributed by atoms with Crippen molar-refractivity contribution in [1.82, 2.24) is 28.7 Å². The number of imide groups is 1. The van der Waals surface area contributed by atoms with E-state index in [4.69, 9.17) is 14.1 Å². The molecule has 304 valence electrons. The zero-order valence-corrected chi connectivity index (χ0v) is 32.7. The number of benzene rings is 1. The number of amides is 3. The van der Waals surface area contributed by atoms with E-state index in [1.54, 1.807) is 24.5 Å². The number of likely N-dealkylation sites (tertiary alicyclic amines) is 1. The number of fused-ring (bicyclic) bond motifs is 2. The van der Waals surface area contributed by atoms with Gasteiger partial charge in [0.25, 0.3) is 11.5 Å². The Hall–Kier alpha value is -5.57. The minimum absolute atomic E-state index is 0.0872. The summed E-state index contributed by atoms with van der Waals surface area (Å²) in [5.74, 6) is -0.246. The van der Waals surface area contributed by atoms with Crippen molar-refractivity contribution in [2.45, 2.75) is 108 Å². The van der Waals surface area contributed by atoms with E-state index in [9.17, 15) is 28.4 Å². The molecule has 9 rings (SSSR count). The lowest BCUT2D eigenvalue weighted by Crippen LogP contribution is -2.43. The van der Waals surface area contributed by atoms with Gasteiger partial charge in [-0.2, -0.15) is 0 Å². The molecule has 2 aliphatic heterocycles. The standard InChI is InChI=1S/C43H48FN7O7/c1-24(2)57-36-20-38-45-32(23-49(38)22-29(36)40(53)46-31-4-3-15-50(42(31)55)35-19-30(35)44)27-7-5-25(6-8-27)21-48-16-13-26(14-17-48)28-9-10-33-37(18-28)58-43(56)51(33)34-11-12-39(52)47-41(34)54/h3-4,9-10,15,18,20,22-27,30,34-35H,5-8,11-14,16-17,19,21H2,1-2H3,(H,46,53)(H,47,52,54)/t25?,27?,30-,34?,35+/m1/s1. The lowest BCUT2D eigenvalue weighted by molar-refractivity contribution is -0.135. The van der Waals surface area contributed by atoms with Crippen molar-refractivity contribution in [2.75, 3.05) is 25.0 Å². The van der Waals surface area contributed by atoms with Crippen LogP contribution in [0.3, 0.4) is 0 Å². The molecule has 0 spiro atoms. The molecular weight excluding hydrogens is 746 g/mol.